The molecule has 26 heavy (non-hydrogen) atoms. The average Bonchev–Trinajstić information content (AvgIpc) is 3.19. The zero-order valence-electron chi connectivity index (χ0n) is 15.1. The summed E-state index contributed by atoms with van der Waals surface area (Å²) in [5, 5.41) is 18.4. The molecule has 0 bridgehead atoms. The Morgan fingerprint density at radius 1 is 1.35 bits per heavy atom. The number of carbonyl (C=O) groups excluding carboxylic acids is 1. The molecule has 0 saturated carbocycles. The lowest BCUT2D eigenvalue weighted by atomic mass is 10.1. The number of rotatable bonds is 6. The van der Waals surface area contributed by atoms with Gasteiger partial charge >= 0.3 is 0 Å². The molecule has 0 aliphatic carbocycles. The molecule has 1 amide bonds. The third-order valence-electron chi connectivity index (χ3n) is 4.17. The predicted octanol–water partition coefficient (Wildman–Crippen LogP) is 2.58. The van der Waals surface area contributed by atoms with Crippen molar-refractivity contribution in [1.82, 2.24) is 25.0 Å². The van der Waals surface area contributed by atoms with Crippen LogP contribution in [-0.2, 0) is 13.5 Å². The molecular formula is C17H21N7OS. The zero-order valence-corrected chi connectivity index (χ0v) is 16.0. The van der Waals surface area contributed by atoms with Crippen molar-refractivity contribution in [3.8, 4) is 0 Å². The van der Waals surface area contributed by atoms with Gasteiger partial charge in [0, 0.05) is 25.0 Å². The van der Waals surface area contributed by atoms with Crippen molar-refractivity contribution in [2.75, 3.05) is 10.6 Å². The van der Waals surface area contributed by atoms with Gasteiger partial charge in [-0.3, -0.25) is 14.8 Å². The number of hydrogen-bond donors (Lipinski definition) is 2. The van der Waals surface area contributed by atoms with Gasteiger partial charge in [0.15, 0.2) is 0 Å². The summed E-state index contributed by atoms with van der Waals surface area (Å²) in [4.78, 5) is 16.5. The van der Waals surface area contributed by atoms with Gasteiger partial charge in [0.25, 0.3) is 5.91 Å². The normalized spacial score (nSPS) is 12.0. The maximum absolute atomic E-state index is 12.1. The minimum Gasteiger partial charge on any atom is -0.367 e. The van der Waals surface area contributed by atoms with Gasteiger partial charge in [-0.2, -0.15) is 5.10 Å². The Balaban J connectivity index is 1.60. The van der Waals surface area contributed by atoms with Crippen molar-refractivity contribution in [2.24, 2.45) is 7.05 Å². The molecule has 3 rings (SSSR count). The standard InChI is InChI=1S/C17H21N7OS/c1-10(7-14-11(2)23-24(4)12(14)3)20-15-6-5-13(8-18-15)16(25)21-17-22-19-9-26-17/h5-6,8-10H,7H2,1-4H3,(H,18,20)(H,21,22,25). The van der Waals surface area contributed by atoms with Gasteiger partial charge in [-0.05, 0) is 44.9 Å². The van der Waals surface area contributed by atoms with E-state index >= 15 is 0 Å². The Morgan fingerprint density at radius 3 is 2.73 bits per heavy atom. The van der Waals surface area contributed by atoms with Crippen molar-refractivity contribution < 1.29 is 4.79 Å². The van der Waals surface area contributed by atoms with E-state index in [4.69, 9.17) is 0 Å². The monoisotopic (exact) mass is 371 g/mol. The van der Waals surface area contributed by atoms with E-state index in [2.05, 4.69) is 44.8 Å². The highest BCUT2D eigenvalue weighted by atomic mass is 32.1. The van der Waals surface area contributed by atoms with Crippen LogP contribution in [0.15, 0.2) is 23.8 Å². The highest BCUT2D eigenvalue weighted by Crippen LogP contribution is 2.16. The predicted molar refractivity (Wildman–Crippen MR) is 102 cm³/mol. The molecule has 0 fully saturated rings. The van der Waals surface area contributed by atoms with E-state index in [0.717, 1.165) is 17.9 Å². The lowest BCUT2D eigenvalue weighted by Crippen LogP contribution is -2.20. The van der Waals surface area contributed by atoms with Crippen LogP contribution in [0.3, 0.4) is 0 Å². The number of carbonyl (C=O) groups is 1. The number of nitrogens with one attached hydrogen (secondary N) is 2. The first-order chi connectivity index (χ1) is 12.4. The van der Waals surface area contributed by atoms with Crippen molar-refractivity contribution in [3.63, 3.8) is 0 Å². The fraction of sp³-hybridized carbons (Fsp3) is 0.353. The van der Waals surface area contributed by atoms with E-state index in [1.807, 2.05) is 18.7 Å². The molecule has 1 atom stereocenters. The smallest absolute Gasteiger partial charge is 0.259 e. The fourth-order valence-corrected chi connectivity index (χ4v) is 3.17. The molecule has 0 aromatic carbocycles. The largest absolute Gasteiger partial charge is 0.367 e. The van der Waals surface area contributed by atoms with Crippen molar-refractivity contribution in [2.45, 2.75) is 33.2 Å². The molecule has 0 aliphatic rings. The summed E-state index contributed by atoms with van der Waals surface area (Å²) in [6, 6.07) is 3.72. The Labute approximate surface area is 155 Å². The Hall–Kier alpha value is -2.81. The number of anilines is 2. The van der Waals surface area contributed by atoms with Crippen molar-refractivity contribution in [3.05, 3.63) is 46.4 Å². The molecule has 2 N–H and O–H groups in total. The molecule has 8 nitrogen and oxygen atoms in total. The second-order valence-electron chi connectivity index (χ2n) is 6.15. The molecule has 0 radical (unpaired) electrons. The Kier molecular flexibility index (Phi) is 5.27. The summed E-state index contributed by atoms with van der Waals surface area (Å²) < 4.78 is 1.90. The van der Waals surface area contributed by atoms with E-state index in [-0.39, 0.29) is 11.9 Å². The number of hydrogen-bond acceptors (Lipinski definition) is 7. The van der Waals surface area contributed by atoms with Gasteiger partial charge in [-0.1, -0.05) is 11.3 Å². The van der Waals surface area contributed by atoms with Crippen LogP contribution in [0.5, 0.6) is 0 Å². The maximum atomic E-state index is 12.1. The fourth-order valence-electron chi connectivity index (χ4n) is 2.73. The highest BCUT2D eigenvalue weighted by Gasteiger charge is 2.14. The molecule has 136 valence electrons. The number of aryl methyl sites for hydroxylation is 2. The van der Waals surface area contributed by atoms with Crippen LogP contribution in [-0.4, -0.2) is 36.9 Å². The number of aromatic nitrogens is 5. The third-order valence-corrected chi connectivity index (χ3v) is 4.78. The molecule has 0 aliphatic heterocycles. The van der Waals surface area contributed by atoms with Crippen LogP contribution in [0.4, 0.5) is 10.9 Å². The molecule has 0 spiro atoms. The molecule has 3 heterocycles. The van der Waals surface area contributed by atoms with Crippen LogP contribution in [0.25, 0.3) is 0 Å². The third kappa shape index (κ3) is 4.05. The molecule has 1 unspecified atom stereocenters. The van der Waals surface area contributed by atoms with Crippen LogP contribution in [0.2, 0.25) is 0 Å². The maximum Gasteiger partial charge on any atom is 0.259 e. The lowest BCUT2D eigenvalue weighted by Gasteiger charge is -2.15. The van der Waals surface area contributed by atoms with Crippen LogP contribution in [0.1, 0.15) is 34.2 Å². The van der Waals surface area contributed by atoms with Crippen molar-refractivity contribution >= 4 is 28.2 Å². The van der Waals surface area contributed by atoms with E-state index in [1.165, 1.54) is 22.6 Å². The van der Waals surface area contributed by atoms with Crippen molar-refractivity contribution in [1.29, 1.82) is 0 Å². The van der Waals surface area contributed by atoms with Gasteiger partial charge in [0.05, 0.1) is 11.3 Å². The summed E-state index contributed by atoms with van der Waals surface area (Å²) >= 11 is 1.27. The van der Waals surface area contributed by atoms with E-state index in [9.17, 15) is 4.79 Å². The summed E-state index contributed by atoms with van der Waals surface area (Å²) in [7, 11) is 1.96. The van der Waals surface area contributed by atoms with E-state index in [0.29, 0.717) is 10.7 Å². The lowest BCUT2D eigenvalue weighted by molar-refractivity contribution is 0.102. The van der Waals surface area contributed by atoms with Gasteiger partial charge < -0.3 is 5.32 Å². The Morgan fingerprint density at radius 2 is 2.15 bits per heavy atom. The SMILES string of the molecule is Cc1nn(C)c(C)c1CC(C)Nc1ccc(C(=O)Nc2nncs2)cn1. The second kappa shape index (κ2) is 7.61. The van der Waals surface area contributed by atoms with Crippen LogP contribution in [0, 0.1) is 13.8 Å². The van der Waals surface area contributed by atoms with Gasteiger partial charge in [0.2, 0.25) is 5.13 Å². The molecular weight excluding hydrogens is 350 g/mol. The van der Waals surface area contributed by atoms with Gasteiger partial charge in [-0.25, -0.2) is 4.98 Å². The second-order valence-corrected chi connectivity index (χ2v) is 6.99. The highest BCUT2D eigenvalue weighted by molar-refractivity contribution is 7.13. The first kappa shape index (κ1) is 18.0. The minimum absolute atomic E-state index is 0.185. The van der Waals surface area contributed by atoms with Gasteiger partial charge in [0.1, 0.15) is 11.3 Å². The minimum atomic E-state index is -0.254. The quantitative estimate of drug-likeness (QED) is 0.691. The summed E-state index contributed by atoms with van der Waals surface area (Å²) in [6.45, 7) is 6.20. The summed E-state index contributed by atoms with van der Waals surface area (Å²) in [5.74, 6) is 0.472. The number of amides is 1. The summed E-state index contributed by atoms with van der Waals surface area (Å²) in [6.07, 6.45) is 2.40. The average molecular weight is 371 g/mol. The zero-order chi connectivity index (χ0) is 18.7. The molecule has 9 heteroatoms. The van der Waals surface area contributed by atoms with E-state index < -0.39 is 0 Å². The number of pyridine rings is 1. The van der Waals surface area contributed by atoms with Crippen LogP contribution >= 0.6 is 11.3 Å². The molecule has 3 aromatic heterocycles. The van der Waals surface area contributed by atoms with Gasteiger partial charge in [-0.15, -0.1) is 10.2 Å². The number of nitrogens with zero attached hydrogens (tertiary/aromatic N) is 5. The first-order valence-electron chi connectivity index (χ1n) is 8.23. The first-order valence-corrected chi connectivity index (χ1v) is 9.11. The molecule has 0 saturated heterocycles. The van der Waals surface area contributed by atoms with Crippen LogP contribution < -0.4 is 10.6 Å². The molecule has 3 aromatic rings. The van der Waals surface area contributed by atoms with E-state index in [1.54, 1.807) is 23.8 Å². The Bertz CT molecular complexity index is 887. The summed E-state index contributed by atoms with van der Waals surface area (Å²) in [5.41, 5.74) is 5.51. The topological polar surface area (TPSA) is 97.6 Å².